The number of aliphatic imine (C=N–C) groups is 1. The van der Waals surface area contributed by atoms with E-state index >= 15 is 0 Å². The standard InChI is InChI=1S/C12H15NO/c1-4-14-12-11-9(3)6-5-8(2)10(11)7-13-12/h5-6H,4,7H2,1-3H3. The van der Waals surface area contributed by atoms with Crippen LogP contribution in [0.1, 0.15) is 29.2 Å². The van der Waals surface area contributed by atoms with Gasteiger partial charge in [-0.05, 0) is 37.5 Å². The highest BCUT2D eigenvalue weighted by atomic mass is 16.5. The Balaban J connectivity index is 2.49. The van der Waals surface area contributed by atoms with Crippen LogP contribution in [0.15, 0.2) is 17.1 Å². The lowest BCUT2D eigenvalue weighted by Gasteiger charge is -2.09. The van der Waals surface area contributed by atoms with Gasteiger partial charge in [0.25, 0.3) is 0 Å². The molecule has 0 amide bonds. The molecule has 1 aromatic carbocycles. The molecule has 2 nitrogen and oxygen atoms in total. The summed E-state index contributed by atoms with van der Waals surface area (Å²) in [6.45, 7) is 7.69. The van der Waals surface area contributed by atoms with Gasteiger partial charge < -0.3 is 4.74 Å². The third-order valence-corrected chi connectivity index (χ3v) is 2.63. The fraction of sp³-hybridized carbons (Fsp3) is 0.417. The number of benzene rings is 1. The number of hydrogen-bond acceptors (Lipinski definition) is 2. The monoisotopic (exact) mass is 189 g/mol. The molecule has 0 atom stereocenters. The van der Waals surface area contributed by atoms with Crippen LogP contribution in [0.2, 0.25) is 0 Å². The van der Waals surface area contributed by atoms with Crippen molar-refractivity contribution in [3.8, 4) is 0 Å². The zero-order chi connectivity index (χ0) is 10.1. The SMILES string of the molecule is CCOC1=NCc2c(C)ccc(C)c21. The molecule has 0 spiro atoms. The van der Waals surface area contributed by atoms with E-state index in [0.717, 1.165) is 12.4 Å². The highest BCUT2D eigenvalue weighted by Gasteiger charge is 2.20. The number of rotatable bonds is 1. The van der Waals surface area contributed by atoms with Crippen molar-refractivity contribution in [2.75, 3.05) is 6.61 Å². The molecule has 14 heavy (non-hydrogen) atoms. The lowest BCUT2D eigenvalue weighted by Crippen LogP contribution is -2.06. The van der Waals surface area contributed by atoms with E-state index in [1.165, 1.54) is 22.3 Å². The van der Waals surface area contributed by atoms with Gasteiger partial charge in [-0.15, -0.1) is 0 Å². The molecule has 0 fully saturated rings. The van der Waals surface area contributed by atoms with Crippen molar-refractivity contribution >= 4 is 5.90 Å². The second-order valence-electron chi connectivity index (χ2n) is 3.61. The first-order chi connectivity index (χ1) is 6.74. The first-order valence-electron chi connectivity index (χ1n) is 5.00. The van der Waals surface area contributed by atoms with Crippen LogP contribution in [0.3, 0.4) is 0 Å². The predicted octanol–water partition coefficient (Wildman–Crippen LogP) is 2.60. The molecule has 1 aliphatic heterocycles. The minimum atomic E-state index is 0.686. The van der Waals surface area contributed by atoms with Crippen molar-refractivity contribution in [3.63, 3.8) is 0 Å². The quantitative estimate of drug-likeness (QED) is 0.665. The molecule has 0 saturated carbocycles. The van der Waals surface area contributed by atoms with Crippen molar-refractivity contribution in [3.05, 3.63) is 34.4 Å². The van der Waals surface area contributed by atoms with E-state index in [1.807, 2.05) is 6.92 Å². The first kappa shape index (κ1) is 9.25. The average Bonchev–Trinajstić information content (AvgIpc) is 2.58. The Kier molecular flexibility index (Phi) is 2.28. The first-order valence-corrected chi connectivity index (χ1v) is 5.00. The molecule has 1 heterocycles. The Morgan fingerprint density at radius 3 is 2.71 bits per heavy atom. The second kappa shape index (κ2) is 3.45. The lowest BCUT2D eigenvalue weighted by atomic mass is 9.99. The molecular weight excluding hydrogens is 174 g/mol. The molecule has 0 bridgehead atoms. The van der Waals surface area contributed by atoms with Crippen LogP contribution in [0.4, 0.5) is 0 Å². The van der Waals surface area contributed by atoms with E-state index in [0.29, 0.717) is 6.61 Å². The van der Waals surface area contributed by atoms with Crippen LogP contribution in [0, 0.1) is 13.8 Å². The number of ether oxygens (including phenoxy) is 1. The maximum Gasteiger partial charge on any atom is 0.217 e. The predicted molar refractivity (Wildman–Crippen MR) is 57.8 cm³/mol. The van der Waals surface area contributed by atoms with Gasteiger partial charge in [-0.2, -0.15) is 0 Å². The fourth-order valence-electron chi connectivity index (χ4n) is 1.86. The van der Waals surface area contributed by atoms with Gasteiger partial charge in [0.1, 0.15) is 0 Å². The lowest BCUT2D eigenvalue weighted by molar-refractivity contribution is 0.328. The third-order valence-electron chi connectivity index (χ3n) is 2.63. The summed E-state index contributed by atoms with van der Waals surface area (Å²) in [5.41, 5.74) is 5.11. The van der Waals surface area contributed by atoms with Gasteiger partial charge in [-0.3, -0.25) is 0 Å². The van der Waals surface area contributed by atoms with Gasteiger partial charge in [-0.1, -0.05) is 12.1 Å². The maximum absolute atomic E-state index is 5.52. The van der Waals surface area contributed by atoms with Gasteiger partial charge in [0, 0.05) is 5.56 Å². The Bertz CT molecular complexity index is 394. The molecular formula is C12H15NO. The molecule has 2 rings (SSSR count). The van der Waals surface area contributed by atoms with E-state index in [9.17, 15) is 0 Å². The highest BCUT2D eigenvalue weighted by Crippen LogP contribution is 2.25. The maximum atomic E-state index is 5.52. The molecule has 2 heteroatoms. The minimum Gasteiger partial charge on any atom is -0.478 e. The summed E-state index contributed by atoms with van der Waals surface area (Å²) in [5, 5.41) is 0. The summed E-state index contributed by atoms with van der Waals surface area (Å²) in [6, 6.07) is 4.28. The average molecular weight is 189 g/mol. The molecule has 0 unspecified atom stereocenters. The zero-order valence-electron chi connectivity index (χ0n) is 8.92. The van der Waals surface area contributed by atoms with Crippen LogP contribution in [0.25, 0.3) is 0 Å². The molecule has 0 radical (unpaired) electrons. The van der Waals surface area contributed by atoms with E-state index in [1.54, 1.807) is 0 Å². The molecule has 0 saturated heterocycles. The smallest absolute Gasteiger partial charge is 0.217 e. The summed E-state index contributed by atoms with van der Waals surface area (Å²) < 4.78 is 5.52. The van der Waals surface area contributed by atoms with Crippen molar-refractivity contribution in [2.24, 2.45) is 4.99 Å². The highest BCUT2D eigenvalue weighted by molar-refractivity contribution is 5.99. The normalized spacial score (nSPS) is 13.8. The fourth-order valence-corrected chi connectivity index (χ4v) is 1.86. The van der Waals surface area contributed by atoms with E-state index in [4.69, 9.17) is 4.74 Å². The summed E-state index contributed by atoms with van der Waals surface area (Å²) in [6.07, 6.45) is 0. The number of hydrogen-bond donors (Lipinski definition) is 0. The van der Waals surface area contributed by atoms with Crippen molar-refractivity contribution in [1.29, 1.82) is 0 Å². The van der Waals surface area contributed by atoms with Gasteiger partial charge in [0.2, 0.25) is 5.90 Å². The number of nitrogens with zero attached hydrogens (tertiary/aromatic N) is 1. The zero-order valence-corrected chi connectivity index (χ0v) is 8.92. The van der Waals surface area contributed by atoms with E-state index < -0.39 is 0 Å². The van der Waals surface area contributed by atoms with Crippen LogP contribution >= 0.6 is 0 Å². The second-order valence-corrected chi connectivity index (χ2v) is 3.61. The molecule has 0 aliphatic carbocycles. The van der Waals surface area contributed by atoms with Crippen LogP contribution < -0.4 is 0 Å². The van der Waals surface area contributed by atoms with Crippen LogP contribution in [-0.4, -0.2) is 12.5 Å². The Labute approximate surface area is 84.6 Å². The van der Waals surface area contributed by atoms with Crippen LogP contribution in [-0.2, 0) is 11.3 Å². The number of aryl methyl sites for hydroxylation is 2. The molecule has 74 valence electrons. The molecule has 1 aromatic rings. The topological polar surface area (TPSA) is 21.6 Å². The van der Waals surface area contributed by atoms with Gasteiger partial charge in [0.15, 0.2) is 0 Å². The van der Waals surface area contributed by atoms with Crippen molar-refractivity contribution in [2.45, 2.75) is 27.3 Å². The summed E-state index contributed by atoms with van der Waals surface area (Å²) in [5.74, 6) is 0.823. The third kappa shape index (κ3) is 1.31. The van der Waals surface area contributed by atoms with Crippen molar-refractivity contribution < 1.29 is 4.74 Å². The van der Waals surface area contributed by atoms with E-state index in [2.05, 4.69) is 31.0 Å². The molecule has 0 N–H and O–H groups in total. The molecule has 1 aliphatic rings. The minimum absolute atomic E-state index is 0.686. The van der Waals surface area contributed by atoms with Gasteiger partial charge >= 0.3 is 0 Å². The van der Waals surface area contributed by atoms with Gasteiger partial charge in [-0.25, -0.2) is 4.99 Å². The Morgan fingerprint density at radius 1 is 1.29 bits per heavy atom. The van der Waals surface area contributed by atoms with Crippen LogP contribution in [0.5, 0.6) is 0 Å². The summed E-state index contributed by atoms with van der Waals surface area (Å²) in [4.78, 5) is 4.41. The largest absolute Gasteiger partial charge is 0.478 e. The summed E-state index contributed by atoms with van der Waals surface area (Å²) in [7, 11) is 0. The van der Waals surface area contributed by atoms with Gasteiger partial charge in [0.05, 0.1) is 13.2 Å². The Hall–Kier alpha value is -1.31. The molecule has 0 aromatic heterocycles. The summed E-state index contributed by atoms with van der Waals surface area (Å²) >= 11 is 0. The number of fused-ring (bicyclic) bond motifs is 1. The van der Waals surface area contributed by atoms with E-state index in [-0.39, 0.29) is 0 Å². The van der Waals surface area contributed by atoms with Crippen molar-refractivity contribution in [1.82, 2.24) is 0 Å². The Morgan fingerprint density at radius 2 is 2.00 bits per heavy atom.